The highest BCUT2D eigenvalue weighted by atomic mass is 35.5. The third-order valence-electron chi connectivity index (χ3n) is 3.32. The van der Waals surface area contributed by atoms with Gasteiger partial charge in [-0.25, -0.2) is 8.42 Å². The molecule has 7 nitrogen and oxygen atoms in total. The van der Waals surface area contributed by atoms with Gasteiger partial charge in [-0.15, -0.1) is 0 Å². The Kier molecular flexibility index (Phi) is 4.28. The molecule has 1 aromatic rings. The smallest absolute Gasteiger partial charge is 0.290 e. The summed E-state index contributed by atoms with van der Waals surface area (Å²) in [4.78, 5) is 9.93. The molecule has 1 aliphatic rings. The normalized spacial score (nSPS) is 20.2. The molecular weight excluding hydrogens is 306 g/mol. The van der Waals surface area contributed by atoms with Crippen molar-refractivity contribution in [3.05, 3.63) is 33.3 Å². The van der Waals surface area contributed by atoms with E-state index in [2.05, 4.69) is 0 Å². The summed E-state index contributed by atoms with van der Waals surface area (Å²) in [5.74, 6) is 0.0936. The molecule has 1 saturated heterocycles. The number of nitrogens with two attached hydrogens (primary N) is 1. The summed E-state index contributed by atoms with van der Waals surface area (Å²) in [6, 6.07) is 3.55. The van der Waals surface area contributed by atoms with Crippen LogP contribution in [0.1, 0.15) is 6.42 Å². The van der Waals surface area contributed by atoms with Crippen LogP contribution in [0.5, 0.6) is 0 Å². The quantitative estimate of drug-likeness (QED) is 0.663. The first-order chi connectivity index (χ1) is 9.36. The number of nitro groups is 1. The lowest BCUT2D eigenvalue weighted by Gasteiger charge is -2.16. The summed E-state index contributed by atoms with van der Waals surface area (Å²) in [5, 5.41) is 11.1. The lowest BCUT2D eigenvalue weighted by Crippen LogP contribution is -2.30. The Balaban J connectivity index is 2.42. The lowest BCUT2D eigenvalue weighted by molar-refractivity contribution is -0.387. The van der Waals surface area contributed by atoms with Crippen LogP contribution in [-0.4, -0.2) is 37.3 Å². The molecule has 1 aliphatic heterocycles. The third-order valence-corrected chi connectivity index (χ3v) is 5.47. The Morgan fingerprint density at radius 1 is 1.50 bits per heavy atom. The van der Waals surface area contributed by atoms with Gasteiger partial charge in [-0.3, -0.25) is 10.1 Å². The summed E-state index contributed by atoms with van der Waals surface area (Å²) in [5.41, 5.74) is 5.02. The van der Waals surface area contributed by atoms with Crippen LogP contribution in [-0.2, 0) is 10.0 Å². The first-order valence-corrected chi connectivity index (χ1v) is 7.82. The second-order valence-corrected chi connectivity index (χ2v) is 6.97. The van der Waals surface area contributed by atoms with Crippen LogP contribution in [0.2, 0.25) is 5.02 Å². The highest BCUT2D eigenvalue weighted by Gasteiger charge is 2.36. The SMILES string of the molecule is NCC1CCN(S(=O)(=O)c2ccc(Cl)cc2[N+](=O)[O-])C1. The molecule has 0 saturated carbocycles. The minimum Gasteiger partial charge on any atom is -0.330 e. The fourth-order valence-electron chi connectivity index (χ4n) is 2.20. The number of nitrogens with zero attached hydrogens (tertiary/aromatic N) is 2. The molecule has 9 heteroatoms. The minimum atomic E-state index is -3.90. The second kappa shape index (κ2) is 5.65. The number of rotatable bonds is 4. The molecule has 1 unspecified atom stereocenters. The summed E-state index contributed by atoms with van der Waals surface area (Å²) >= 11 is 5.69. The predicted octanol–water partition coefficient (Wildman–Crippen LogP) is 1.22. The predicted molar refractivity (Wildman–Crippen MR) is 74.0 cm³/mol. The molecule has 20 heavy (non-hydrogen) atoms. The number of hydrogen-bond donors (Lipinski definition) is 1. The van der Waals surface area contributed by atoms with E-state index in [-0.39, 0.29) is 15.8 Å². The molecule has 2 N–H and O–H groups in total. The van der Waals surface area contributed by atoms with Gasteiger partial charge in [0.25, 0.3) is 5.69 Å². The van der Waals surface area contributed by atoms with Crippen molar-refractivity contribution in [1.82, 2.24) is 4.31 Å². The molecule has 2 rings (SSSR count). The van der Waals surface area contributed by atoms with Crippen LogP contribution in [0.3, 0.4) is 0 Å². The third kappa shape index (κ3) is 2.78. The largest absolute Gasteiger partial charge is 0.330 e. The number of sulfonamides is 1. The van der Waals surface area contributed by atoms with Crippen LogP contribution < -0.4 is 5.73 Å². The van der Waals surface area contributed by atoms with Crippen LogP contribution in [0.25, 0.3) is 0 Å². The van der Waals surface area contributed by atoms with Crippen LogP contribution >= 0.6 is 11.6 Å². The Bertz CT molecular complexity index is 635. The molecule has 1 fully saturated rings. The molecule has 0 spiro atoms. The van der Waals surface area contributed by atoms with Crippen molar-refractivity contribution >= 4 is 27.3 Å². The number of benzene rings is 1. The Morgan fingerprint density at radius 2 is 2.20 bits per heavy atom. The van der Waals surface area contributed by atoms with E-state index < -0.39 is 20.6 Å². The van der Waals surface area contributed by atoms with Crippen molar-refractivity contribution < 1.29 is 13.3 Å². The molecule has 0 aromatic heterocycles. The van der Waals surface area contributed by atoms with E-state index in [1.54, 1.807) is 0 Å². The van der Waals surface area contributed by atoms with E-state index in [4.69, 9.17) is 17.3 Å². The number of hydrogen-bond acceptors (Lipinski definition) is 5. The monoisotopic (exact) mass is 319 g/mol. The summed E-state index contributed by atoms with van der Waals surface area (Å²) in [6.07, 6.45) is 0.664. The van der Waals surface area contributed by atoms with E-state index >= 15 is 0 Å². The van der Waals surface area contributed by atoms with Crippen LogP contribution in [0, 0.1) is 16.0 Å². The van der Waals surface area contributed by atoms with Crippen molar-refractivity contribution in [3.8, 4) is 0 Å². The van der Waals surface area contributed by atoms with Gasteiger partial charge in [-0.2, -0.15) is 4.31 Å². The van der Waals surface area contributed by atoms with Crippen molar-refractivity contribution in [2.75, 3.05) is 19.6 Å². The van der Waals surface area contributed by atoms with E-state index in [9.17, 15) is 18.5 Å². The number of halogens is 1. The summed E-state index contributed by atoms with van der Waals surface area (Å²) < 4.78 is 26.2. The number of nitro benzene ring substituents is 1. The van der Waals surface area contributed by atoms with Gasteiger partial charge in [0, 0.05) is 24.2 Å². The molecule has 1 atom stereocenters. The zero-order valence-corrected chi connectivity index (χ0v) is 12.1. The van der Waals surface area contributed by atoms with Gasteiger partial charge in [0.15, 0.2) is 4.90 Å². The van der Waals surface area contributed by atoms with Crippen molar-refractivity contribution in [2.24, 2.45) is 11.7 Å². The molecule has 0 amide bonds. The lowest BCUT2D eigenvalue weighted by atomic mass is 10.1. The maximum atomic E-state index is 12.5. The van der Waals surface area contributed by atoms with Crippen LogP contribution in [0.15, 0.2) is 23.1 Å². The molecule has 1 aromatic carbocycles. The maximum Gasteiger partial charge on any atom is 0.290 e. The highest BCUT2D eigenvalue weighted by molar-refractivity contribution is 7.89. The van der Waals surface area contributed by atoms with Gasteiger partial charge in [0.2, 0.25) is 10.0 Å². The Hall–Kier alpha value is -1.22. The van der Waals surface area contributed by atoms with Crippen molar-refractivity contribution in [2.45, 2.75) is 11.3 Å². The zero-order chi connectivity index (χ0) is 14.9. The van der Waals surface area contributed by atoms with Gasteiger partial charge in [0.1, 0.15) is 0 Å². The highest BCUT2D eigenvalue weighted by Crippen LogP contribution is 2.31. The first kappa shape index (κ1) is 15.2. The zero-order valence-electron chi connectivity index (χ0n) is 10.5. The molecule has 0 bridgehead atoms. The Morgan fingerprint density at radius 3 is 2.75 bits per heavy atom. The minimum absolute atomic E-state index is 0.0936. The van der Waals surface area contributed by atoms with Gasteiger partial charge in [-0.1, -0.05) is 11.6 Å². The van der Waals surface area contributed by atoms with Crippen molar-refractivity contribution in [3.63, 3.8) is 0 Å². The van der Waals surface area contributed by atoms with Crippen LogP contribution in [0.4, 0.5) is 5.69 Å². The van der Waals surface area contributed by atoms with E-state index in [0.29, 0.717) is 26.1 Å². The maximum absolute atomic E-state index is 12.5. The summed E-state index contributed by atoms with van der Waals surface area (Å²) in [7, 11) is -3.90. The van der Waals surface area contributed by atoms with E-state index in [1.807, 2.05) is 0 Å². The first-order valence-electron chi connectivity index (χ1n) is 6.00. The molecule has 110 valence electrons. The summed E-state index contributed by atoms with van der Waals surface area (Å²) in [6.45, 7) is 1.01. The van der Waals surface area contributed by atoms with Gasteiger partial charge >= 0.3 is 0 Å². The standard InChI is InChI=1S/C11H14ClN3O4S/c12-9-1-2-11(10(5-9)15(16)17)20(18,19)14-4-3-8(6-13)7-14/h1-2,5,8H,3-4,6-7,13H2. The molecule has 1 heterocycles. The fourth-order valence-corrected chi connectivity index (χ4v) is 4.03. The molecule has 0 aliphatic carbocycles. The van der Waals surface area contributed by atoms with Crippen molar-refractivity contribution in [1.29, 1.82) is 0 Å². The average Bonchev–Trinajstić information content (AvgIpc) is 2.87. The molecular formula is C11H14ClN3O4S. The Labute approximate surface area is 121 Å². The average molecular weight is 320 g/mol. The van der Waals surface area contributed by atoms with Gasteiger partial charge in [-0.05, 0) is 31.0 Å². The molecule has 0 radical (unpaired) electrons. The topological polar surface area (TPSA) is 107 Å². The fraction of sp³-hybridized carbons (Fsp3) is 0.455. The van der Waals surface area contributed by atoms with E-state index in [1.165, 1.54) is 16.4 Å². The van der Waals surface area contributed by atoms with Gasteiger partial charge < -0.3 is 5.73 Å². The van der Waals surface area contributed by atoms with Gasteiger partial charge in [0.05, 0.1) is 4.92 Å². The second-order valence-electron chi connectivity index (χ2n) is 4.62. The van der Waals surface area contributed by atoms with E-state index in [0.717, 1.165) is 6.07 Å².